The van der Waals surface area contributed by atoms with Crippen molar-refractivity contribution >= 4 is 18.4 Å². The molecule has 1 saturated carbocycles. The number of hydrogen-bond donors (Lipinski definition) is 1. The summed E-state index contributed by atoms with van der Waals surface area (Å²) in [6, 6.07) is -0.0856. The molecular weight excluding hydrogens is 190 g/mol. The Balaban J connectivity index is 0.00000144. The highest BCUT2D eigenvalue weighted by Gasteiger charge is 2.29. The zero-order valence-electron chi connectivity index (χ0n) is 8.21. The van der Waals surface area contributed by atoms with Gasteiger partial charge in [-0.3, -0.25) is 4.79 Å². The molecule has 0 aromatic carbocycles. The van der Waals surface area contributed by atoms with Crippen LogP contribution in [0.5, 0.6) is 0 Å². The van der Waals surface area contributed by atoms with Crippen LogP contribution < -0.4 is 5.32 Å². The number of carbonyl (C=O) groups excluding carboxylic acids is 1. The maximum atomic E-state index is 11.2. The summed E-state index contributed by atoms with van der Waals surface area (Å²) in [6.45, 7) is 0. The molecular formula is C9H18ClNO2. The van der Waals surface area contributed by atoms with Crippen LogP contribution in [0.25, 0.3) is 0 Å². The number of ether oxygens (including phenoxy) is 1. The van der Waals surface area contributed by atoms with Crippen molar-refractivity contribution in [2.75, 3.05) is 14.2 Å². The number of esters is 1. The van der Waals surface area contributed by atoms with E-state index in [0.29, 0.717) is 5.92 Å². The first-order valence-corrected chi connectivity index (χ1v) is 4.54. The Morgan fingerprint density at radius 2 is 2.00 bits per heavy atom. The smallest absolute Gasteiger partial charge is 0.323 e. The van der Waals surface area contributed by atoms with Gasteiger partial charge in [-0.2, -0.15) is 0 Å². The normalized spacial score (nSPS) is 19.2. The van der Waals surface area contributed by atoms with Crippen molar-refractivity contribution in [1.82, 2.24) is 5.32 Å². The molecule has 0 spiro atoms. The van der Waals surface area contributed by atoms with E-state index in [0.717, 1.165) is 12.8 Å². The maximum Gasteiger partial charge on any atom is 0.323 e. The average molecular weight is 208 g/mol. The fourth-order valence-corrected chi connectivity index (χ4v) is 1.96. The highest BCUT2D eigenvalue weighted by atomic mass is 35.5. The second-order valence-corrected chi connectivity index (χ2v) is 3.33. The third-order valence-electron chi connectivity index (χ3n) is 2.64. The van der Waals surface area contributed by atoms with Gasteiger partial charge in [-0.15, -0.1) is 12.4 Å². The molecule has 0 amide bonds. The van der Waals surface area contributed by atoms with E-state index < -0.39 is 0 Å². The van der Waals surface area contributed by atoms with Crippen LogP contribution in [0.2, 0.25) is 0 Å². The molecule has 0 aromatic rings. The van der Waals surface area contributed by atoms with Crippen LogP contribution in [-0.2, 0) is 9.53 Å². The maximum absolute atomic E-state index is 11.2. The molecule has 1 unspecified atom stereocenters. The molecule has 13 heavy (non-hydrogen) atoms. The van der Waals surface area contributed by atoms with Gasteiger partial charge in [-0.05, 0) is 25.8 Å². The molecule has 78 valence electrons. The van der Waals surface area contributed by atoms with Gasteiger partial charge in [0.05, 0.1) is 7.11 Å². The van der Waals surface area contributed by atoms with Crippen molar-refractivity contribution in [3.05, 3.63) is 0 Å². The summed E-state index contributed by atoms with van der Waals surface area (Å²) in [4.78, 5) is 11.2. The number of hydrogen-bond acceptors (Lipinski definition) is 3. The Hall–Kier alpha value is -0.280. The first kappa shape index (κ1) is 12.7. The fourth-order valence-electron chi connectivity index (χ4n) is 1.96. The summed E-state index contributed by atoms with van der Waals surface area (Å²) in [5, 5.41) is 3.02. The molecule has 1 atom stereocenters. The van der Waals surface area contributed by atoms with Crippen molar-refractivity contribution < 1.29 is 9.53 Å². The molecule has 0 heterocycles. The van der Waals surface area contributed by atoms with Crippen molar-refractivity contribution in [2.24, 2.45) is 5.92 Å². The minimum Gasteiger partial charge on any atom is -0.468 e. The number of likely N-dealkylation sites (N-methyl/N-ethyl adjacent to an activating group) is 1. The average Bonchev–Trinajstić information content (AvgIpc) is 2.58. The van der Waals surface area contributed by atoms with Crippen molar-refractivity contribution in [1.29, 1.82) is 0 Å². The first-order valence-electron chi connectivity index (χ1n) is 4.54. The van der Waals surface area contributed by atoms with Crippen molar-refractivity contribution in [3.63, 3.8) is 0 Å². The largest absolute Gasteiger partial charge is 0.468 e. The lowest BCUT2D eigenvalue weighted by Crippen LogP contribution is -2.40. The van der Waals surface area contributed by atoms with E-state index in [1.165, 1.54) is 20.0 Å². The molecule has 1 fully saturated rings. The predicted octanol–water partition coefficient (Wildman–Crippen LogP) is 1.36. The highest BCUT2D eigenvalue weighted by molar-refractivity contribution is 5.85. The molecule has 3 nitrogen and oxygen atoms in total. The standard InChI is InChI=1S/C9H17NO2.ClH/c1-10-8(9(11)12-2)7-5-3-4-6-7;/h7-8,10H,3-6H2,1-2H3;1H. The van der Waals surface area contributed by atoms with Gasteiger partial charge in [-0.1, -0.05) is 12.8 Å². The lowest BCUT2D eigenvalue weighted by atomic mass is 9.98. The second-order valence-electron chi connectivity index (χ2n) is 3.33. The van der Waals surface area contributed by atoms with Gasteiger partial charge in [0.25, 0.3) is 0 Å². The molecule has 0 bridgehead atoms. The Labute approximate surface area is 85.6 Å². The minimum absolute atomic E-state index is 0. The fraction of sp³-hybridized carbons (Fsp3) is 0.889. The van der Waals surface area contributed by atoms with E-state index in [2.05, 4.69) is 5.32 Å². The van der Waals surface area contributed by atoms with Gasteiger partial charge in [0.2, 0.25) is 0 Å². The van der Waals surface area contributed by atoms with Gasteiger partial charge >= 0.3 is 5.97 Å². The Kier molecular flexibility index (Phi) is 6.08. The van der Waals surface area contributed by atoms with Crippen LogP contribution in [-0.4, -0.2) is 26.2 Å². The lowest BCUT2D eigenvalue weighted by molar-refractivity contribution is -0.144. The Morgan fingerprint density at radius 3 is 2.38 bits per heavy atom. The van der Waals surface area contributed by atoms with Gasteiger partial charge in [-0.25, -0.2) is 0 Å². The minimum atomic E-state index is -0.121. The van der Waals surface area contributed by atoms with Gasteiger partial charge in [0.1, 0.15) is 6.04 Å². The second kappa shape index (κ2) is 6.22. The SMILES string of the molecule is CNC(C(=O)OC)C1CCCC1.Cl. The number of nitrogens with one attached hydrogen (secondary N) is 1. The van der Waals surface area contributed by atoms with Crippen molar-refractivity contribution in [3.8, 4) is 0 Å². The van der Waals surface area contributed by atoms with Gasteiger partial charge in [0.15, 0.2) is 0 Å². The monoisotopic (exact) mass is 207 g/mol. The van der Waals surface area contributed by atoms with Crippen LogP contribution in [0.4, 0.5) is 0 Å². The Morgan fingerprint density at radius 1 is 1.46 bits per heavy atom. The number of halogens is 1. The third-order valence-corrected chi connectivity index (χ3v) is 2.64. The lowest BCUT2D eigenvalue weighted by Gasteiger charge is -2.19. The molecule has 4 heteroatoms. The molecule has 1 rings (SSSR count). The molecule has 1 aliphatic carbocycles. The van der Waals surface area contributed by atoms with Gasteiger partial charge in [0, 0.05) is 0 Å². The number of methoxy groups -OCH3 is 1. The molecule has 1 N–H and O–H groups in total. The quantitative estimate of drug-likeness (QED) is 0.711. The van der Waals surface area contributed by atoms with Crippen LogP contribution in [0.3, 0.4) is 0 Å². The van der Waals surface area contributed by atoms with Gasteiger partial charge < -0.3 is 10.1 Å². The summed E-state index contributed by atoms with van der Waals surface area (Å²) in [5.41, 5.74) is 0. The third kappa shape index (κ3) is 3.16. The number of carbonyl (C=O) groups is 1. The molecule has 0 aromatic heterocycles. The zero-order valence-corrected chi connectivity index (χ0v) is 9.02. The summed E-state index contributed by atoms with van der Waals surface area (Å²) in [5.74, 6) is 0.367. The van der Waals surface area contributed by atoms with E-state index >= 15 is 0 Å². The zero-order chi connectivity index (χ0) is 8.97. The summed E-state index contributed by atoms with van der Waals surface area (Å²) < 4.78 is 4.71. The molecule has 0 radical (unpaired) electrons. The van der Waals surface area contributed by atoms with Crippen LogP contribution in [0.15, 0.2) is 0 Å². The molecule has 0 aliphatic heterocycles. The van der Waals surface area contributed by atoms with E-state index in [1.807, 2.05) is 7.05 Å². The van der Waals surface area contributed by atoms with Crippen molar-refractivity contribution in [2.45, 2.75) is 31.7 Å². The van der Waals surface area contributed by atoms with Crippen LogP contribution in [0.1, 0.15) is 25.7 Å². The summed E-state index contributed by atoms with van der Waals surface area (Å²) >= 11 is 0. The van der Waals surface area contributed by atoms with E-state index in [4.69, 9.17) is 4.74 Å². The van der Waals surface area contributed by atoms with E-state index in [-0.39, 0.29) is 24.4 Å². The van der Waals surface area contributed by atoms with E-state index in [1.54, 1.807) is 0 Å². The van der Waals surface area contributed by atoms with E-state index in [9.17, 15) is 4.79 Å². The van der Waals surface area contributed by atoms with Crippen LogP contribution >= 0.6 is 12.4 Å². The predicted molar refractivity (Wildman–Crippen MR) is 54.1 cm³/mol. The van der Waals surface area contributed by atoms with Crippen LogP contribution in [0, 0.1) is 5.92 Å². The first-order chi connectivity index (χ1) is 5.79. The highest BCUT2D eigenvalue weighted by Crippen LogP contribution is 2.27. The topological polar surface area (TPSA) is 38.3 Å². The molecule has 0 saturated heterocycles. The summed E-state index contributed by atoms with van der Waals surface area (Å²) in [6.07, 6.45) is 4.81. The Bertz CT molecular complexity index is 158. The number of rotatable bonds is 3. The summed E-state index contributed by atoms with van der Waals surface area (Å²) in [7, 11) is 3.27. The molecule has 1 aliphatic rings.